The second kappa shape index (κ2) is 13.0. The SMILES string of the molecule is Cc1ccc(C(C)n2cc(-c3cccc4c3ncn4C(=O)OC(C)(C)C)c3c(N4CCCCC4NC(=O)OC(C)(C)C)c(Cl)cnc32)nc1. The summed E-state index contributed by atoms with van der Waals surface area (Å²) in [5, 5.41) is 4.37. The number of piperidine rings is 1. The fourth-order valence-corrected chi connectivity index (χ4v) is 6.58. The predicted molar refractivity (Wildman–Crippen MR) is 192 cm³/mol. The lowest BCUT2D eigenvalue weighted by molar-refractivity contribution is 0.0493. The highest BCUT2D eigenvalue weighted by molar-refractivity contribution is 6.35. The van der Waals surface area contributed by atoms with Gasteiger partial charge in [-0.2, -0.15) is 0 Å². The number of aryl methyl sites for hydroxylation is 1. The third-order valence-electron chi connectivity index (χ3n) is 8.48. The second-order valence-electron chi connectivity index (χ2n) is 14.7. The van der Waals surface area contributed by atoms with Gasteiger partial charge in [0.1, 0.15) is 29.3 Å². The average Bonchev–Trinajstić information content (AvgIpc) is 3.62. The van der Waals surface area contributed by atoms with Crippen molar-refractivity contribution in [1.82, 2.24) is 29.4 Å². The van der Waals surface area contributed by atoms with E-state index < -0.39 is 23.4 Å². The highest BCUT2D eigenvalue weighted by Crippen LogP contribution is 2.45. The number of anilines is 1. The van der Waals surface area contributed by atoms with Gasteiger partial charge in [-0.15, -0.1) is 0 Å². The van der Waals surface area contributed by atoms with Gasteiger partial charge in [-0.1, -0.05) is 29.8 Å². The minimum atomic E-state index is -0.672. The fourth-order valence-electron chi connectivity index (χ4n) is 6.33. The first kappa shape index (κ1) is 34.2. The summed E-state index contributed by atoms with van der Waals surface area (Å²) >= 11 is 7.10. The number of hydrogen-bond donors (Lipinski definition) is 1. The maximum Gasteiger partial charge on any atom is 0.420 e. The van der Waals surface area contributed by atoms with Crippen molar-refractivity contribution in [2.24, 2.45) is 0 Å². The van der Waals surface area contributed by atoms with Gasteiger partial charge in [-0.25, -0.2) is 24.1 Å². The number of nitrogens with one attached hydrogen (secondary N) is 1. The van der Waals surface area contributed by atoms with Crippen molar-refractivity contribution in [2.75, 3.05) is 11.4 Å². The van der Waals surface area contributed by atoms with Gasteiger partial charge in [-0.3, -0.25) is 4.98 Å². The van der Waals surface area contributed by atoms with Crippen LogP contribution in [0.1, 0.15) is 85.0 Å². The van der Waals surface area contributed by atoms with Crippen LogP contribution >= 0.6 is 11.6 Å². The Bertz CT molecular complexity index is 2020. The van der Waals surface area contributed by atoms with E-state index in [1.165, 1.54) is 10.9 Å². The van der Waals surface area contributed by atoms with Crippen LogP contribution in [-0.2, 0) is 9.47 Å². The van der Waals surface area contributed by atoms with Gasteiger partial charge in [0.15, 0.2) is 0 Å². The Balaban J connectivity index is 1.56. The number of carbonyl (C=O) groups is 2. The van der Waals surface area contributed by atoms with Gasteiger partial charge in [-0.05, 0) is 92.3 Å². The number of amides is 1. The molecule has 1 N–H and O–H groups in total. The van der Waals surface area contributed by atoms with E-state index in [-0.39, 0.29) is 12.2 Å². The molecule has 0 saturated carbocycles. The first-order valence-electron chi connectivity index (χ1n) is 16.7. The number of halogens is 1. The number of hydrogen-bond acceptors (Lipinski definition) is 8. The molecule has 6 rings (SSSR count). The number of pyridine rings is 2. The monoisotopic (exact) mass is 685 g/mol. The Morgan fingerprint density at radius 3 is 2.41 bits per heavy atom. The zero-order valence-corrected chi connectivity index (χ0v) is 30.1. The summed E-state index contributed by atoms with van der Waals surface area (Å²) < 4.78 is 14.9. The number of alkyl carbamates (subject to hydrolysis) is 1. The van der Waals surface area contributed by atoms with Crippen LogP contribution in [-0.4, -0.2) is 60.2 Å². The summed E-state index contributed by atoms with van der Waals surface area (Å²) in [4.78, 5) is 42.8. The van der Waals surface area contributed by atoms with Gasteiger partial charge in [0.25, 0.3) is 0 Å². The molecule has 1 aromatic carbocycles. The maximum atomic E-state index is 13.2. The average molecular weight is 686 g/mol. The minimum absolute atomic E-state index is 0.186. The predicted octanol–water partition coefficient (Wildman–Crippen LogP) is 8.64. The molecule has 49 heavy (non-hydrogen) atoms. The first-order valence-corrected chi connectivity index (χ1v) is 17.1. The Labute approximate surface area is 291 Å². The highest BCUT2D eigenvalue weighted by atomic mass is 35.5. The van der Waals surface area contributed by atoms with Crippen LogP contribution in [0.15, 0.2) is 55.2 Å². The van der Waals surface area contributed by atoms with Crippen molar-refractivity contribution < 1.29 is 19.1 Å². The van der Waals surface area contributed by atoms with Crippen molar-refractivity contribution in [3.63, 3.8) is 0 Å². The number of ether oxygens (including phenoxy) is 2. The molecule has 0 radical (unpaired) electrons. The lowest BCUT2D eigenvalue weighted by atomic mass is 10.0. The van der Waals surface area contributed by atoms with E-state index in [0.29, 0.717) is 28.2 Å². The summed E-state index contributed by atoms with van der Waals surface area (Å²) in [7, 11) is 0. The van der Waals surface area contributed by atoms with Crippen molar-refractivity contribution in [3.8, 4) is 11.1 Å². The zero-order chi connectivity index (χ0) is 35.2. The molecule has 12 heteroatoms. The molecule has 0 spiro atoms. The molecule has 5 heterocycles. The Morgan fingerprint density at radius 1 is 0.959 bits per heavy atom. The summed E-state index contributed by atoms with van der Waals surface area (Å²) in [6, 6.07) is 9.63. The standard InChI is InChI=1S/C37H44ClN7O4/c1-22-15-16-27(39-18-22)23(2)44-20-25(24-12-11-13-28-31(24)41-21-45(28)35(47)49-37(6,7)8)30-32(26(38)19-40-33(30)44)43-17-10-9-14-29(43)42-34(46)48-36(3,4)5/h11-13,15-16,18-21,23,29H,9-10,14,17H2,1-8H3,(H,42,46). The third-order valence-corrected chi connectivity index (χ3v) is 8.76. The quantitative estimate of drug-likeness (QED) is 0.195. The van der Waals surface area contributed by atoms with Gasteiger partial charge < -0.3 is 24.3 Å². The molecular weight excluding hydrogens is 642 g/mol. The third kappa shape index (κ3) is 7.08. The number of benzene rings is 1. The molecular formula is C37H44ClN7O4. The van der Waals surface area contributed by atoms with E-state index in [1.807, 2.05) is 85.0 Å². The Morgan fingerprint density at radius 2 is 1.71 bits per heavy atom. The second-order valence-corrected chi connectivity index (χ2v) is 15.1. The number of fused-ring (bicyclic) bond motifs is 2. The van der Waals surface area contributed by atoms with Crippen LogP contribution < -0.4 is 10.2 Å². The van der Waals surface area contributed by atoms with Crippen molar-refractivity contribution in [1.29, 1.82) is 0 Å². The van der Waals surface area contributed by atoms with Gasteiger partial charge >= 0.3 is 12.2 Å². The van der Waals surface area contributed by atoms with Crippen molar-refractivity contribution in [3.05, 3.63) is 71.5 Å². The lowest BCUT2D eigenvalue weighted by Crippen LogP contribution is -2.52. The molecule has 0 aliphatic carbocycles. The molecule has 1 amide bonds. The topological polar surface area (TPSA) is 116 Å². The van der Waals surface area contributed by atoms with Gasteiger partial charge in [0.05, 0.1) is 45.1 Å². The van der Waals surface area contributed by atoms with E-state index in [1.54, 1.807) is 6.20 Å². The first-order chi connectivity index (χ1) is 23.1. The van der Waals surface area contributed by atoms with E-state index >= 15 is 0 Å². The molecule has 2 unspecified atom stereocenters. The van der Waals surface area contributed by atoms with E-state index in [9.17, 15) is 9.59 Å². The number of aromatic nitrogens is 5. The van der Waals surface area contributed by atoms with Gasteiger partial charge in [0, 0.05) is 30.1 Å². The molecule has 2 atom stereocenters. The molecule has 1 saturated heterocycles. The molecule has 258 valence electrons. The van der Waals surface area contributed by atoms with E-state index in [0.717, 1.165) is 52.7 Å². The largest absolute Gasteiger partial charge is 0.444 e. The van der Waals surface area contributed by atoms with Crippen LogP contribution in [0.4, 0.5) is 15.3 Å². The van der Waals surface area contributed by atoms with Crippen molar-refractivity contribution >= 4 is 51.5 Å². The Kier molecular flexibility index (Phi) is 9.08. The summed E-state index contributed by atoms with van der Waals surface area (Å²) in [6.45, 7) is 15.8. The number of imidazole rings is 1. The summed E-state index contributed by atoms with van der Waals surface area (Å²) in [6.07, 6.45) is 8.31. The molecule has 4 aromatic heterocycles. The van der Waals surface area contributed by atoms with E-state index in [2.05, 4.69) is 27.9 Å². The van der Waals surface area contributed by atoms with Crippen LogP contribution in [0.5, 0.6) is 0 Å². The number of para-hydroxylation sites is 1. The van der Waals surface area contributed by atoms with Gasteiger partial charge in [0.2, 0.25) is 0 Å². The van der Waals surface area contributed by atoms with Crippen LogP contribution in [0.2, 0.25) is 5.02 Å². The molecule has 1 aliphatic heterocycles. The zero-order valence-electron chi connectivity index (χ0n) is 29.4. The maximum absolute atomic E-state index is 13.2. The number of rotatable bonds is 5. The summed E-state index contributed by atoms with van der Waals surface area (Å²) in [5.74, 6) is 0. The minimum Gasteiger partial charge on any atom is -0.444 e. The molecule has 11 nitrogen and oxygen atoms in total. The Hall–Kier alpha value is -4.64. The normalized spacial score (nSPS) is 16.2. The number of carbonyl (C=O) groups excluding carboxylic acids is 2. The lowest BCUT2D eigenvalue weighted by Gasteiger charge is -2.39. The van der Waals surface area contributed by atoms with Crippen LogP contribution in [0, 0.1) is 6.92 Å². The number of nitrogens with zero attached hydrogens (tertiary/aromatic N) is 6. The molecule has 0 bridgehead atoms. The van der Waals surface area contributed by atoms with Crippen LogP contribution in [0.3, 0.4) is 0 Å². The molecule has 1 fully saturated rings. The fraction of sp³-hybridized carbons (Fsp3) is 0.432. The smallest absolute Gasteiger partial charge is 0.420 e. The summed E-state index contributed by atoms with van der Waals surface area (Å²) in [5.41, 5.74) is 4.96. The van der Waals surface area contributed by atoms with Crippen LogP contribution in [0.25, 0.3) is 33.2 Å². The van der Waals surface area contributed by atoms with E-state index in [4.69, 9.17) is 36.0 Å². The molecule has 5 aromatic rings. The highest BCUT2D eigenvalue weighted by Gasteiger charge is 2.32. The molecule has 1 aliphatic rings. The van der Waals surface area contributed by atoms with Crippen molar-refractivity contribution in [2.45, 2.75) is 98.1 Å².